The number of hydrogen-bond donors (Lipinski definition) is 3. The molecule has 0 aromatic heterocycles. The first-order chi connectivity index (χ1) is 5.65. The van der Waals surface area contributed by atoms with E-state index in [9.17, 15) is 0 Å². The van der Waals surface area contributed by atoms with Gasteiger partial charge in [0.25, 0.3) is 0 Å². The SMILES string of the molecule is OP(O)O.[CH2-]CCCCCCC.[K+]. The van der Waals surface area contributed by atoms with Crippen LogP contribution in [-0.2, 0) is 0 Å². The van der Waals surface area contributed by atoms with Gasteiger partial charge in [-0.1, -0.05) is 39.0 Å². The normalized spacial score (nSPS) is 8.77. The van der Waals surface area contributed by atoms with E-state index in [1.807, 2.05) is 0 Å². The van der Waals surface area contributed by atoms with E-state index in [2.05, 4.69) is 13.8 Å². The van der Waals surface area contributed by atoms with Crippen molar-refractivity contribution in [2.24, 2.45) is 0 Å². The molecular weight excluding hydrogens is 214 g/mol. The molecule has 0 saturated heterocycles. The van der Waals surface area contributed by atoms with Crippen LogP contribution in [0.25, 0.3) is 0 Å². The van der Waals surface area contributed by atoms with Gasteiger partial charge in [-0.05, 0) is 0 Å². The van der Waals surface area contributed by atoms with Crippen molar-refractivity contribution in [3.8, 4) is 0 Å². The van der Waals surface area contributed by atoms with Crippen LogP contribution in [0.1, 0.15) is 45.4 Å². The Balaban J connectivity index is -0.000000173. The van der Waals surface area contributed by atoms with Gasteiger partial charge in [0, 0.05) is 0 Å². The minimum atomic E-state index is -2.62. The topological polar surface area (TPSA) is 60.7 Å². The van der Waals surface area contributed by atoms with Crippen molar-refractivity contribution >= 4 is 8.60 Å². The zero-order chi connectivity index (χ0) is 9.82. The van der Waals surface area contributed by atoms with Crippen LogP contribution in [0.3, 0.4) is 0 Å². The Kier molecular flexibility index (Phi) is 30.6. The summed E-state index contributed by atoms with van der Waals surface area (Å²) in [6.45, 7) is 6.02. The Morgan fingerprint density at radius 1 is 1.00 bits per heavy atom. The minimum Gasteiger partial charge on any atom is -0.343 e. The number of hydrogen-bond acceptors (Lipinski definition) is 3. The van der Waals surface area contributed by atoms with Gasteiger partial charge in [0.15, 0.2) is 0 Å². The van der Waals surface area contributed by atoms with E-state index in [1.54, 1.807) is 0 Å². The average Bonchev–Trinajstić information content (AvgIpc) is 1.97. The third-order valence-corrected chi connectivity index (χ3v) is 1.35. The Labute approximate surface area is 125 Å². The molecule has 13 heavy (non-hydrogen) atoms. The fraction of sp³-hybridized carbons (Fsp3) is 0.875. The molecule has 0 saturated carbocycles. The van der Waals surface area contributed by atoms with Crippen molar-refractivity contribution in [1.29, 1.82) is 0 Å². The molecule has 5 heteroatoms. The molecule has 0 aliphatic carbocycles. The summed E-state index contributed by atoms with van der Waals surface area (Å²) in [5.74, 6) is 0. The maximum atomic E-state index is 7.23. The zero-order valence-electron chi connectivity index (χ0n) is 8.74. The number of rotatable bonds is 5. The van der Waals surface area contributed by atoms with Crippen LogP contribution < -0.4 is 51.4 Å². The Bertz CT molecular complexity index is 65.7. The Morgan fingerprint density at radius 3 is 1.69 bits per heavy atom. The van der Waals surface area contributed by atoms with Gasteiger partial charge in [0.2, 0.25) is 0 Å². The van der Waals surface area contributed by atoms with Crippen LogP contribution in [0.2, 0.25) is 0 Å². The molecule has 0 aromatic rings. The first kappa shape index (κ1) is 20.4. The van der Waals surface area contributed by atoms with E-state index in [0.717, 1.165) is 6.42 Å². The van der Waals surface area contributed by atoms with Gasteiger partial charge < -0.3 is 21.6 Å². The van der Waals surface area contributed by atoms with Gasteiger partial charge in [0.05, 0.1) is 0 Å². The molecule has 3 N–H and O–H groups in total. The van der Waals surface area contributed by atoms with E-state index < -0.39 is 8.60 Å². The molecule has 0 unspecified atom stereocenters. The van der Waals surface area contributed by atoms with Crippen LogP contribution in [0.5, 0.6) is 0 Å². The van der Waals surface area contributed by atoms with Crippen molar-refractivity contribution < 1.29 is 66.1 Å². The summed E-state index contributed by atoms with van der Waals surface area (Å²) in [7, 11) is -2.62. The first-order valence-electron chi connectivity index (χ1n) is 4.31. The van der Waals surface area contributed by atoms with Crippen LogP contribution in [0, 0.1) is 6.92 Å². The second-order valence-corrected chi connectivity index (χ2v) is 3.07. The van der Waals surface area contributed by atoms with E-state index in [1.165, 1.54) is 32.1 Å². The third kappa shape index (κ3) is 41.2. The second-order valence-electron chi connectivity index (χ2n) is 2.54. The maximum Gasteiger partial charge on any atom is 1.00 e. The van der Waals surface area contributed by atoms with Gasteiger partial charge in [0.1, 0.15) is 0 Å². The molecule has 0 aliphatic rings. The first-order valence-corrected chi connectivity index (χ1v) is 5.51. The van der Waals surface area contributed by atoms with Gasteiger partial charge in [-0.3, -0.25) is 0 Å². The zero-order valence-corrected chi connectivity index (χ0v) is 12.8. The molecule has 0 bridgehead atoms. The second kappa shape index (κ2) is 19.5. The van der Waals surface area contributed by atoms with Crippen LogP contribution in [0.4, 0.5) is 0 Å². The molecule has 0 aromatic carbocycles. The molecule has 3 nitrogen and oxygen atoms in total. The van der Waals surface area contributed by atoms with Crippen molar-refractivity contribution in [3.05, 3.63) is 6.92 Å². The monoisotopic (exact) mass is 234 g/mol. The fourth-order valence-corrected chi connectivity index (χ4v) is 0.780. The van der Waals surface area contributed by atoms with Crippen molar-refractivity contribution in [1.82, 2.24) is 0 Å². The van der Waals surface area contributed by atoms with Gasteiger partial charge in [-0.25, -0.2) is 0 Å². The predicted molar refractivity (Wildman–Crippen MR) is 52.3 cm³/mol. The quantitative estimate of drug-likeness (QED) is 0.257. The molecule has 0 radical (unpaired) electrons. The summed E-state index contributed by atoms with van der Waals surface area (Å²) >= 11 is 0. The maximum absolute atomic E-state index is 7.23. The van der Waals surface area contributed by atoms with Gasteiger partial charge in [-0.2, -0.15) is 6.42 Å². The molecule has 0 heterocycles. The van der Waals surface area contributed by atoms with Gasteiger partial charge in [-0.15, -0.1) is 0 Å². The van der Waals surface area contributed by atoms with E-state index in [4.69, 9.17) is 14.7 Å². The molecule has 0 amide bonds. The molecule has 0 spiro atoms. The summed E-state index contributed by atoms with van der Waals surface area (Å²) in [5.41, 5.74) is 0. The predicted octanol–water partition coefficient (Wildman–Crippen LogP) is -0.625. The molecule has 0 aliphatic heterocycles. The summed E-state index contributed by atoms with van der Waals surface area (Å²) in [6.07, 6.45) is 7.98. The molecule has 0 atom stereocenters. The van der Waals surface area contributed by atoms with Crippen LogP contribution in [-0.4, -0.2) is 14.7 Å². The Morgan fingerprint density at radius 2 is 1.38 bits per heavy atom. The summed E-state index contributed by atoms with van der Waals surface area (Å²) in [6, 6.07) is 0. The fourth-order valence-electron chi connectivity index (χ4n) is 0.780. The van der Waals surface area contributed by atoms with Crippen LogP contribution >= 0.6 is 8.60 Å². The smallest absolute Gasteiger partial charge is 0.343 e. The van der Waals surface area contributed by atoms with Gasteiger partial charge >= 0.3 is 60.0 Å². The third-order valence-electron chi connectivity index (χ3n) is 1.35. The van der Waals surface area contributed by atoms with Crippen molar-refractivity contribution in [3.63, 3.8) is 0 Å². The largest absolute Gasteiger partial charge is 1.00 e. The average molecular weight is 234 g/mol. The van der Waals surface area contributed by atoms with Crippen molar-refractivity contribution in [2.75, 3.05) is 0 Å². The van der Waals surface area contributed by atoms with E-state index in [0.29, 0.717) is 0 Å². The van der Waals surface area contributed by atoms with Crippen molar-refractivity contribution in [2.45, 2.75) is 45.4 Å². The van der Waals surface area contributed by atoms with E-state index in [-0.39, 0.29) is 51.4 Å². The number of unbranched alkanes of at least 4 members (excludes halogenated alkanes) is 5. The summed E-state index contributed by atoms with van der Waals surface area (Å²) in [5, 5.41) is 0. The molecular formula is C8H20KO3P. The summed E-state index contributed by atoms with van der Waals surface area (Å²) < 4.78 is 0. The molecule has 0 fully saturated rings. The minimum absolute atomic E-state index is 0. The summed E-state index contributed by atoms with van der Waals surface area (Å²) in [4.78, 5) is 21.7. The molecule has 0 rings (SSSR count). The van der Waals surface area contributed by atoms with Crippen LogP contribution in [0.15, 0.2) is 0 Å². The molecule has 76 valence electrons. The standard InChI is InChI=1S/C8H17.K.H3O3P/c1-3-5-7-8-6-4-2;;1-4(2)3/h1,3-8H2,2H3;;1-3H/q-1;+1;. The van der Waals surface area contributed by atoms with E-state index >= 15 is 0 Å². The Hall–Kier alpha value is 1.95.